The van der Waals surface area contributed by atoms with Gasteiger partial charge in [-0.3, -0.25) is 0 Å². The molecule has 1 atom stereocenters. The Balaban J connectivity index is 2.34. The van der Waals surface area contributed by atoms with Crippen LogP contribution in [0.5, 0.6) is 0 Å². The van der Waals surface area contributed by atoms with Gasteiger partial charge in [0, 0.05) is 36.4 Å². The van der Waals surface area contributed by atoms with Crippen molar-refractivity contribution in [1.29, 1.82) is 0 Å². The number of aromatic nitrogens is 2. The first-order valence-corrected chi connectivity index (χ1v) is 5.68. The Morgan fingerprint density at radius 3 is 2.87 bits per heavy atom. The Morgan fingerprint density at radius 1 is 1.53 bits per heavy atom. The largest absolute Gasteiger partial charge is 0.396 e. The van der Waals surface area contributed by atoms with E-state index in [0.717, 1.165) is 25.2 Å². The smallest absolute Gasteiger partial charge is 0.114 e. The molecule has 1 unspecified atom stereocenters. The monoisotopic (exact) mass is 208 g/mol. The van der Waals surface area contributed by atoms with Gasteiger partial charge in [-0.1, -0.05) is 20.8 Å². The van der Waals surface area contributed by atoms with Crippen LogP contribution in [0.1, 0.15) is 38.7 Å². The molecule has 0 radical (unpaired) electrons. The number of hydrogen-bond donors (Lipinski definition) is 1. The summed E-state index contributed by atoms with van der Waals surface area (Å²) < 4.78 is 2.30. The number of nitrogens with zero attached hydrogens (tertiary/aromatic N) is 2. The second-order valence-corrected chi connectivity index (χ2v) is 5.52. The van der Waals surface area contributed by atoms with Gasteiger partial charge in [0.1, 0.15) is 5.82 Å². The van der Waals surface area contributed by atoms with Crippen LogP contribution in [0.4, 0.5) is 0 Å². The van der Waals surface area contributed by atoms with Crippen LogP contribution >= 0.6 is 0 Å². The van der Waals surface area contributed by atoms with E-state index in [1.165, 1.54) is 5.69 Å². The van der Waals surface area contributed by atoms with E-state index >= 15 is 0 Å². The first kappa shape index (κ1) is 10.7. The molecule has 0 aromatic carbocycles. The fraction of sp³-hybridized carbons (Fsp3) is 0.750. The number of aliphatic hydroxyl groups is 1. The van der Waals surface area contributed by atoms with Crippen LogP contribution in [0.15, 0.2) is 6.20 Å². The molecular weight excluding hydrogens is 188 g/mol. The molecule has 0 amide bonds. The highest BCUT2D eigenvalue weighted by Gasteiger charge is 2.26. The number of aliphatic hydroxyl groups excluding tert-OH is 1. The van der Waals surface area contributed by atoms with Gasteiger partial charge in [0.15, 0.2) is 0 Å². The van der Waals surface area contributed by atoms with Crippen LogP contribution in [0.3, 0.4) is 0 Å². The fourth-order valence-electron chi connectivity index (χ4n) is 2.26. The molecule has 1 aromatic heterocycles. The van der Waals surface area contributed by atoms with Gasteiger partial charge in [0.25, 0.3) is 0 Å². The molecule has 1 N–H and O–H groups in total. The zero-order valence-electron chi connectivity index (χ0n) is 9.82. The number of fused-ring (bicyclic) bond motifs is 1. The first-order chi connectivity index (χ1) is 7.02. The van der Waals surface area contributed by atoms with E-state index in [2.05, 4.69) is 30.3 Å². The Kier molecular flexibility index (Phi) is 2.59. The molecule has 3 heteroatoms. The number of imidazole rings is 1. The van der Waals surface area contributed by atoms with Crippen LogP contribution < -0.4 is 0 Å². The van der Waals surface area contributed by atoms with E-state index in [9.17, 15) is 5.11 Å². The Bertz CT molecular complexity index is 349. The fourth-order valence-corrected chi connectivity index (χ4v) is 2.26. The maximum absolute atomic E-state index is 9.21. The highest BCUT2D eigenvalue weighted by Crippen LogP contribution is 2.27. The molecule has 1 aliphatic rings. The maximum Gasteiger partial charge on any atom is 0.114 e. The van der Waals surface area contributed by atoms with E-state index in [1.807, 2.05) is 6.20 Å². The molecule has 0 fully saturated rings. The first-order valence-electron chi connectivity index (χ1n) is 5.68. The average molecular weight is 208 g/mol. The summed E-state index contributed by atoms with van der Waals surface area (Å²) in [6.45, 7) is 7.78. The van der Waals surface area contributed by atoms with E-state index in [1.54, 1.807) is 0 Å². The Hall–Kier alpha value is -0.830. The summed E-state index contributed by atoms with van der Waals surface area (Å²) in [5, 5.41) is 9.21. The van der Waals surface area contributed by atoms with Gasteiger partial charge < -0.3 is 9.67 Å². The minimum atomic E-state index is 0.0929. The van der Waals surface area contributed by atoms with Crippen LogP contribution in [0.25, 0.3) is 0 Å². The molecule has 1 aliphatic heterocycles. The van der Waals surface area contributed by atoms with Crippen LogP contribution in [-0.2, 0) is 18.4 Å². The summed E-state index contributed by atoms with van der Waals surface area (Å²) in [7, 11) is 0. The molecule has 0 bridgehead atoms. The van der Waals surface area contributed by atoms with Gasteiger partial charge in [-0.05, 0) is 12.8 Å². The summed E-state index contributed by atoms with van der Waals surface area (Å²) in [6, 6.07) is 0. The van der Waals surface area contributed by atoms with Gasteiger partial charge in [0.05, 0.1) is 0 Å². The third-order valence-electron chi connectivity index (χ3n) is 3.12. The second-order valence-electron chi connectivity index (χ2n) is 5.52. The summed E-state index contributed by atoms with van der Waals surface area (Å²) in [6.07, 6.45) is 4.13. The third-order valence-corrected chi connectivity index (χ3v) is 3.12. The van der Waals surface area contributed by atoms with Crippen LogP contribution in [0, 0.1) is 5.92 Å². The standard InChI is InChI=1S/C12H20N2O/c1-12(2,3)11-13-6-10-5-4-9(8-15)7-14(10)11/h6,9,15H,4-5,7-8H2,1-3H3. The normalized spacial score (nSPS) is 21.5. The topological polar surface area (TPSA) is 38.0 Å². The molecule has 15 heavy (non-hydrogen) atoms. The van der Waals surface area contributed by atoms with E-state index in [4.69, 9.17) is 0 Å². The lowest BCUT2D eigenvalue weighted by atomic mass is 9.93. The van der Waals surface area contributed by atoms with Gasteiger partial charge in [-0.15, -0.1) is 0 Å². The number of hydrogen-bond acceptors (Lipinski definition) is 2. The lowest BCUT2D eigenvalue weighted by Gasteiger charge is -2.27. The molecule has 0 saturated carbocycles. The van der Waals surface area contributed by atoms with E-state index in [0.29, 0.717) is 12.5 Å². The van der Waals surface area contributed by atoms with Crippen molar-refractivity contribution in [3.63, 3.8) is 0 Å². The molecule has 0 saturated heterocycles. The quantitative estimate of drug-likeness (QED) is 0.763. The Labute approximate surface area is 91.1 Å². The van der Waals surface area contributed by atoms with Crippen molar-refractivity contribution in [3.05, 3.63) is 17.7 Å². The van der Waals surface area contributed by atoms with Gasteiger partial charge in [0.2, 0.25) is 0 Å². The van der Waals surface area contributed by atoms with Gasteiger partial charge in [-0.2, -0.15) is 0 Å². The molecule has 1 aromatic rings. The number of rotatable bonds is 1. The molecule has 3 nitrogen and oxygen atoms in total. The van der Waals surface area contributed by atoms with Crippen LogP contribution in [-0.4, -0.2) is 21.3 Å². The summed E-state index contributed by atoms with van der Waals surface area (Å²) in [4.78, 5) is 4.52. The van der Waals surface area contributed by atoms with Crippen molar-refractivity contribution in [3.8, 4) is 0 Å². The molecular formula is C12H20N2O. The highest BCUT2D eigenvalue weighted by atomic mass is 16.3. The average Bonchev–Trinajstić information content (AvgIpc) is 2.59. The lowest BCUT2D eigenvalue weighted by molar-refractivity contribution is 0.188. The van der Waals surface area contributed by atoms with Crippen molar-refractivity contribution in [2.75, 3.05) is 6.61 Å². The van der Waals surface area contributed by atoms with Crippen molar-refractivity contribution >= 4 is 0 Å². The molecule has 2 rings (SSSR count). The molecule has 0 spiro atoms. The van der Waals surface area contributed by atoms with Gasteiger partial charge >= 0.3 is 0 Å². The predicted molar refractivity (Wildman–Crippen MR) is 59.8 cm³/mol. The minimum Gasteiger partial charge on any atom is -0.396 e. The maximum atomic E-state index is 9.21. The third kappa shape index (κ3) is 1.93. The SMILES string of the molecule is CC(C)(C)c1ncc2n1CC(CO)CC2. The molecule has 84 valence electrons. The zero-order valence-corrected chi connectivity index (χ0v) is 9.82. The summed E-state index contributed by atoms with van der Waals surface area (Å²) >= 11 is 0. The predicted octanol–water partition coefficient (Wildman–Crippen LogP) is 1.74. The highest BCUT2D eigenvalue weighted by molar-refractivity contribution is 5.14. The van der Waals surface area contributed by atoms with Crippen molar-refractivity contribution < 1.29 is 5.11 Å². The summed E-state index contributed by atoms with van der Waals surface area (Å²) in [5.41, 5.74) is 1.42. The van der Waals surface area contributed by atoms with E-state index < -0.39 is 0 Å². The van der Waals surface area contributed by atoms with Crippen molar-refractivity contribution in [2.24, 2.45) is 5.92 Å². The lowest BCUT2D eigenvalue weighted by Crippen LogP contribution is -2.27. The summed E-state index contributed by atoms with van der Waals surface area (Å²) in [5.74, 6) is 1.56. The second kappa shape index (κ2) is 3.63. The molecule has 0 aliphatic carbocycles. The minimum absolute atomic E-state index is 0.0929. The van der Waals surface area contributed by atoms with Crippen molar-refractivity contribution in [1.82, 2.24) is 9.55 Å². The van der Waals surface area contributed by atoms with Crippen molar-refractivity contribution in [2.45, 2.75) is 45.6 Å². The zero-order chi connectivity index (χ0) is 11.1. The van der Waals surface area contributed by atoms with E-state index in [-0.39, 0.29) is 5.41 Å². The van der Waals surface area contributed by atoms with Crippen LogP contribution in [0.2, 0.25) is 0 Å². The molecule has 2 heterocycles. The number of aryl methyl sites for hydroxylation is 1. The Morgan fingerprint density at radius 2 is 2.27 bits per heavy atom. The van der Waals surface area contributed by atoms with Gasteiger partial charge in [-0.25, -0.2) is 4.98 Å².